The second-order valence-electron chi connectivity index (χ2n) is 2.26. The molecule has 0 saturated heterocycles. The summed E-state index contributed by atoms with van der Waals surface area (Å²) in [5, 5.41) is -1.18. The van der Waals surface area contributed by atoms with Crippen LogP contribution in [0.1, 0.15) is 6.42 Å². The summed E-state index contributed by atoms with van der Waals surface area (Å²) in [7, 11) is 0. The molecule has 0 radical (unpaired) electrons. The number of carbonyl (C=O) groups is 3. The van der Waals surface area contributed by atoms with Crippen LogP contribution < -0.4 is 0 Å². The summed E-state index contributed by atoms with van der Waals surface area (Å²) < 4.78 is 0.349. The summed E-state index contributed by atoms with van der Waals surface area (Å²) in [6.45, 7) is 0. The predicted octanol–water partition coefficient (Wildman–Crippen LogP) is 0.774. The second-order valence-corrected chi connectivity index (χ2v) is 5.30. The first kappa shape index (κ1) is 10.5. The van der Waals surface area contributed by atoms with Gasteiger partial charge in [-0.25, -0.2) is 0 Å². The number of hydrogen-bond acceptors (Lipinski definition) is 3. The summed E-state index contributed by atoms with van der Waals surface area (Å²) in [6.07, 6.45) is 6.27. The number of allylic oxidation sites excluding steroid dienone is 4. The number of rotatable bonds is 4. The average Bonchev–Trinajstić information content (AvgIpc) is 2.55. The second kappa shape index (κ2) is 4.63. The summed E-state index contributed by atoms with van der Waals surface area (Å²) in [5.74, 6) is -1.07. The van der Waals surface area contributed by atoms with Crippen molar-refractivity contribution in [3.63, 3.8) is 0 Å². The zero-order chi connectivity index (χ0) is 9.84. The summed E-state index contributed by atoms with van der Waals surface area (Å²) >= 11 is 3.69. The fourth-order valence-corrected chi connectivity index (χ4v) is 2.83. The van der Waals surface area contributed by atoms with Crippen LogP contribution in [-0.4, -0.2) is 15.2 Å². The molecular weight excluding hydrogens is 275 g/mol. The van der Waals surface area contributed by atoms with E-state index < -0.39 is 33.8 Å². The molecule has 0 spiro atoms. The van der Waals surface area contributed by atoms with Gasteiger partial charge in [0.2, 0.25) is 0 Å². The molecular formula is C8H5ClMoO3. The summed E-state index contributed by atoms with van der Waals surface area (Å²) in [6, 6.07) is 0. The van der Waals surface area contributed by atoms with Gasteiger partial charge in [-0.15, -0.1) is 0 Å². The van der Waals surface area contributed by atoms with Gasteiger partial charge >= 0.3 is 88.4 Å². The van der Waals surface area contributed by atoms with E-state index in [1.165, 1.54) is 0 Å². The van der Waals surface area contributed by atoms with Crippen LogP contribution >= 0.6 is 11.6 Å². The molecule has 0 aromatic carbocycles. The normalized spacial score (nSPS) is 14.1. The van der Waals surface area contributed by atoms with Gasteiger partial charge in [0.15, 0.2) is 0 Å². The first-order valence-electron chi connectivity index (χ1n) is 3.43. The van der Waals surface area contributed by atoms with E-state index in [4.69, 9.17) is 11.6 Å². The van der Waals surface area contributed by atoms with Crippen LogP contribution in [0.25, 0.3) is 0 Å². The van der Waals surface area contributed by atoms with Crippen molar-refractivity contribution >= 4 is 26.8 Å². The van der Waals surface area contributed by atoms with Gasteiger partial charge in [0.1, 0.15) is 0 Å². The Labute approximate surface area is 88.4 Å². The molecule has 1 aliphatic rings. The van der Waals surface area contributed by atoms with E-state index in [1.807, 2.05) is 18.2 Å². The van der Waals surface area contributed by atoms with E-state index in [0.29, 0.717) is 0 Å². The van der Waals surface area contributed by atoms with Crippen LogP contribution in [0.2, 0.25) is 0 Å². The molecule has 1 aliphatic carbocycles. The standard InChI is InChI=1S/C5H5.C3ClO3.Mo/c1-2-4-5-3-1;4-3(7)2(6)1-5;/h1-3H,4H2;;. The molecule has 5 heteroatoms. The Kier molecular flexibility index (Phi) is 3.76. The molecule has 68 valence electrons. The van der Waals surface area contributed by atoms with Gasteiger partial charge in [0, 0.05) is 0 Å². The van der Waals surface area contributed by atoms with Crippen molar-refractivity contribution in [2.24, 2.45) is 0 Å². The minimum atomic E-state index is -1.19. The quantitative estimate of drug-likeness (QED) is 0.331. The SMILES string of the molecule is O=C(Cl)C(=O)[C](=O)[Mo][C]1=CC=CC1. The number of hydrogen-bond donors (Lipinski definition) is 0. The minimum absolute atomic E-state index is 0.611. The van der Waals surface area contributed by atoms with Crippen molar-refractivity contribution in [1.29, 1.82) is 0 Å². The van der Waals surface area contributed by atoms with Crippen LogP contribution in [0, 0.1) is 0 Å². The fourth-order valence-electron chi connectivity index (χ4n) is 0.749. The Hall–Kier alpha value is -0.532. The van der Waals surface area contributed by atoms with Gasteiger partial charge < -0.3 is 0 Å². The van der Waals surface area contributed by atoms with E-state index in [0.717, 1.165) is 10.4 Å². The van der Waals surface area contributed by atoms with Gasteiger partial charge in [0.25, 0.3) is 0 Å². The Morgan fingerprint density at radius 1 is 1.38 bits per heavy atom. The maximum absolute atomic E-state index is 11.1. The monoisotopic (exact) mass is 282 g/mol. The first-order chi connectivity index (χ1) is 6.11. The van der Waals surface area contributed by atoms with Crippen molar-refractivity contribution in [3.05, 3.63) is 22.2 Å². The number of halogens is 1. The zero-order valence-corrected chi connectivity index (χ0v) is 9.21. The van der Waals surface area contributed by atoms with E-state index >= 15 is 0 Å². The predicted molar refractivity (Wildman–Crippen MR) is 42.7 cm³/mol. The van der Waals surface area contributed by atoms with Gasteiger partial charge in [-0.1, -0.05) is 0 Å². The van der Waals surface area contributed by atoms with Gasteiger partial charge in [-0.2, -0.15) is 0 Å². The summed E-state index contributed by atoms with van der Waals surface area (Å²) in [4.78, 5) is 32.2. The Morgan fingerprint density at radius 2 is 2.08 bits per heavy atom. The van der Waals surface area contributed by atoms with E-state index in [1.54, 1.807) is 0 Å². The average molecular weight is 281 g/mol. The Bertz CT molecular complexity index is 330. The molecule has 0 atom stereocenters. The number of carbonyl (C=O) groups excluding carboxylic acids is 3. The Balaban J connectivity index is 2.51. The Morgan fingerprint density at radius 3 is 2.54 bits per heavy atom. The topological polar surface area (TPSA) is 51.2 Å². The molecule has 0 aromatic heterocycles. The molecule has 0 fully saturated rings. The summed E-state index contributed by atoms with van der Waals surface area (Å²) in [5.41, 5.74) is 0. The van der Waals surface area contributed by atoms with Crippen molar-refractivity contribution in [1.82, 2.24) is 0 Å². The first-order valence-corrected chi connectivity index (χ1v) is 5.81. The number of Topliss-reactive ketones (excluding diaryl/α,β-unsaturated/α-hetero) is 1. The van der Waals surface area contributed by atoms with Crippen LogP contribution in [-0.2, 0) is 32.9 Å². The third-order valence-electron chi connectivity index (χ3n) is 1.32. The number of ketones is 1. The maximum atomic E-state index is 11.1. The van der Waals surface area contributed by atoms with E-state index in [-0.39, 0.29) is 0 Å². The van der Waals surface area contributed by atoms with Gasteiger partial charge in [-0.3, -0.25) is 0 Å². The molecule has 0 saturated carbocycles. The third kappa shape index (κ3) is 3.01. The molecule has 0 heterocycles. The van der Waals surface area contributed by atoms with Crippen LogP contribution in [0.3, 0.4) is 0 Å². The van der Waals surface area contributed by atoms with Crippen molar-refractivity contribution in [2.75, 3.05) is 0 Å². The van der Waals surface area contributed by atoms with Crippen LogP contribution in [0.15, 0.2) is 22.2 Å². The zero-order valence-electron chi connectivity index (χ0n) is 6.45. The molecule has 0 aromatic rings. The molecule has 0 aliphatic heterocycles. The molecule has 0 bridgehead atoms. The van der Waals surface area contributed by atoms with Crippen molar-refractivity contribution in [2.45, 2.75) is 6.42 Å². The van der Waals surface area contributed by atoms with E-state index in [9.17, 15) is 14.4 Å². The molecule has 0 amide bonds. The van der Waals surface area contributed by atoms with Crippen LogP contribution in [0.4, 0.5) is 0 Å². The van der Waals surface area contributed by atoms with Gasteiger partial charge in [-0.05, 0) is 0 Å². The molecule has 0 unspecified atom stereocenters. The third-order valence-corrected chi connectivity index (χ3v) is 3.80. The van der Waals surface area contributed by atoms with E-state index in [2.05, 4.69) is 0 Å². The van der Waals surface area contributed by atoms with Crippen molar-refractivity contribution in [3.8, 4) is 0 Å². The molecule has 1 rings (SSSR count). The molecule has 13 heavy (non-hydrogen) atoms. The van der Waals surface area contributed by atoms with Crippen LogP contribution in [0.5, 0.6) is 0 Å². The van der Waals surface area contributed by atoms with Crippen molar-refractivity contribution < 1.29 is 32.9 Å². The molecule has 3 nitrogen and oxygen atoms in total. The van der Waals surface area contributed by atoms with Gasteiger partial charge in [0.05, 0.1) is 0 Å². The molecule has 0 N–H and O–H groups in total. The fraction of sp³-hybridized carbons (Fsp3) is 0.125.